The second-order valence-corrected chi connectivity index (χ2v) is 15.3. The van der Waals surface area contributed by atoms with Crippen molar-refractivity contribution in [2.24, 2.45) is 0 Å². The molecule has 12 rings (SSSR count). The van der Waals surface area contributed by atoms with Crippen molar-refractivity contribution >= 4 is 65.6 Å². The van der Waals surface area contributed by atoms with Gasteiger partial charge in [-0.25, -0.2) is 0 Å². The highest BCUT2D eigenvalue weighted by Gasteiger charge is 2.41. The lowest BCUT2D eigenvalue weighted by molar-refractivity contribution is 0.658. The molecule has 0 N–H and O–H groups in total. The van der Waals surface area contributed by atoms with Gasteiger partial charge in [0.25, 0.3) is 0 Å². The Bertz CT molecular complexity index is 3340. The molecule has 1 aliphatic rings. The zero-order chi connectivity index (χ0) is 35.7. The Labute approximate surface area is 311 Å². The van der Waals surface area contributed by atoms with E-state index in [0.717, 1.165) is 22.2 Å². The van der Waals surface area contributed by atoms with Crippen molar-refractivity contribution in [2.75, 3.05) is 0 Å². The van der Waals surface area contributed by atoms with Crippen LogP contribution in [0.25, 0.3) is 99.2 Å². The quantitative estimate of drug-likeness (QED) is 0.181. The van der Waals surface area contributed by atoms with E-state index in [1.807, 2.05) is 0 Å². The van der Waals surface area contributed by atoms with Crippen LogP contribution in [-0.4, -0.2) is 9.13 Å². The first-order chi connectivity index (χ1) is 26.6. The van der Waals surface area contributed by atoms with Crippen LogP contribution in [0.2, 0.25) is 0 Å². The number of aromatic nitrogens is 2. The molecule has 11 aromatic rings. The van der Waals surface area contributed by atoms with E-state index in [1.165, 1.54) is 88.1 Å². The van der Waals surface area contributed by atoms with Gasteiger partial charge in [0.05, 0.1) is 27.5 Å². The molecule has 0 radical (unpaired) electrons. The van der Waals surface area contributed by atoms with Gasteiger partial charge in [0.15, 0.2) is 0 Å². The second kappa shape index (κ2) is 10.6. The van der Waals surface area contributed by atoms with Crippen LogP contribution < -0.4 is 0 Å². The largest absolute Gasteiger partial charge is 0.455 e. The van der Waals surface area contributed by atoms with Gasteiger partial charge in [0.2, 0.25) is 0 Å². The molecule has 0 fully saturated rings. The predicted octanol–water partition coefficient (Wildman–Crippen LogP) is 13.8. The predicted molar refractivity (Wildman–Crippen MR) is 225 cm³/mol. The number of fused-ring (bicyclic) bond motifs is 15. The summed E-state index contributed by atoms with van der Waals surface area (Å²) in [5.74, 6) is 0. The van der Waals surface area contributed by atoms with Crippen LogP contribution in [0.15, 0.2) is 174 Å². The molecule has 3 heteroatoms. The van der Waals surface area contributed by atoms with Crippen LogP contribution in [0.4, 0.5) is 0 Å². The fourth-order valence-corrected chi connectivity index (χ4v) is 9.77. The minimum atomic E-state index is -0.249. The van der Waals surface area contributed by atoms with Gasteiger partial charge in [-0.2, -0.15) is 0 Å². The van der Waals surface area contributed by atoms with E-state index >= 15 is 0 Å². The minimum absolute atomic E-state index is 0.249. The molecule has 0 aliphatic heterocycles. The van der Waals surface area contributed by atoms with Crippen LogP contribution in [0.1, 0.15) is 25.0 Å². The van der Waals surface area contributed by atoms with Gasteiger partial charge >= 0.3 is 0 Å². The fraction of sp³-hybridized carbons (Fsp3) is 0.0588. The molecule has 3 aromatic heterocycles. The molecule has 0 atom stereocenters. The SMILES string of the molecule is CC1(C)c2ccccc2-c2c1c1c3cc(-c4ccc5c(c4)c4ccccc4n5-c4ccccc4)ccc3n(-c3ccccc3)c1c1c2oc2ccccc21. The van der Waals surface area contributed by atoms with E-state index in [9.17, 15) is 0 Å². The third kappa shape index (κ3) is 3.80. The zero-order valence-electron chi connectivity index (χ0n) is 30.0. The van der Waals surface area contributed by atoms with Crippen molar-refractivity contribution < 1.29 is 4.42 Å². The molecular formula is C51H34N2O. The van der Waals surface area contributed by atoms with Crippen molar-refractivity contribution in [3.05, 3.63) is 181 Å². The summed E-state index contributed by atoms with van der Waals surface area (Å²) in [4.78, 5) is 0. The molecule has 1 aliphatic carbocycles. The Morgan fingerprint density at radius 2 is 1.04 bits per heavy atom. The lowest BCUT2D eigenvalue weighted by Gasteiger charge is -2.23. The first kappa shape index (κ1) is 29.7. The average Bonchev–Trinajstić information content (AvgIpc) is 3.93. The molecule has 0 bridgehead atoms. The molecular weight excluding hydrogens is 657 g/mol. The molecule has 254 valence electrons. The lowest BCUT2D eigenvalue weighted by Crippen LogP contribution is -2.15. The van der Waals surface area contributed by atoms with Gasteiger partial charge in [-0.1, -0.05) is 123 Å². The van der Waals surface area contributed by atoms with E-state index in [1.54, 1.807) is 0 Å². The van der Waals surface area contributed by atoms with E-state index in [4.69, 9.17) is 4.42 Å². The Morgan fingerprint density at radius 1 is 0.463 bits per heavy atom. The molecule has 0 saturated heterocycles. The summed E-state index contributed by atoms with van der Waals surface area (Å²) in [6.45, 7) is 4.77. The van der Waals surface area contributed by atoms with Crippen molar-refractivity contribution in [2.45, 2.75) is 19.3 Å². The third-order valence-corrected chi connectivity index (χ3v) is 12.1. The standard InChI is InChI=1S/C51H34N2O/c1-51(2)40-22-12-9-20-36(40)46-48(51)45-39-30-32(31-25-27-42-38(29-31)35-19-10-13-23-41(35)52(42)33-15-5-3-6-16-33)26-28-43(39)53(34-17-7-4-8-18-34)49(45)47-37-21-11-14-24-44(37)54-50(46)47/h3-30H,1-2H3. The normalized spacial score (nSPS) is 13.5. The number of furan rings is 1. The van der Waals surface area contributed by atoms with Gasteiger partial charge in [-0.15, -0.1) is 0 Å². The molecule has 0 saturated carbocycles. The van der Waals surface area contributed by atoms with Crippen LogP contribution in [0.5, 0.6) is 0 Å². The zero-order valence-corrected chi connectivity index (χ0v) is 30.0. The summed E-state index contributed by atoms with van der Waals surface area (Å²) in [7, 11) is 0. The van der Waals surface area contributed by atoms with Crippen molar-refractivity contribution in [3.63, 3.8) is 0 Å². The van der Waals surface area contributed by atoms with Crippen molar-refractivity contribution in [1.29, 1.82) is 0 Å². The van der Waals surface area contributed by atoms with Crippen LogP contribution in [-0.2, 0) is 5.41 Å². The van der Waals surface area contributed by atoms with Gasteiger partial charge in [-0.05, 0) is 88.5 Å². The maximum absolute atomic E-state index is 6.93. The Hall–Kier alpha value is -6.84. The highest BCUT2D eigenvalue weighted by atomic mass is 16.3. The number of hydrogen-bond donors (Lipinski definition) is 0. The summed E-state index contributed by atoms with van der Waals surface area (Å²) in [5, 5.41) is 7.37. The highest BCUT2D eigenvalue weighted by Crippen LogP contribution is 2.58. The first-order valence-electron chi connectivity index (χ1n) is 18.8. The van der Waals surface area contributed by atoms with Crippen LogP contribution in [0.3, 0.4) is 0 Å². The van der Waals surface area contributed by atoms with Gasteiger partial charge in [0, 0.05) is 49.3 Å². The Balaban J connectivity index is 1.22. The molecule has 0 amide bonds. The Morgan fingerprint density at radius 3 is 1.80 bits per heavy atom. The van der Waals surface area contributed by atoms with Crippen LogP contribution in [0, 0.1) is 0 Å². The number of hydrogen-bond acceptors (Lipinski definition) is 1. The first-order valence-corrected chi connectivity index (χ1v) is 18.8. The fourth-order valence-electron chi connectivity index (χ4n) is 9.77. The monoisotopic (exact) mass is 690 g/mol. The topological polar surface area (TPSA) is 23.0 Å². The van der Waals surface area contributed by atoms with E-state index in [0.29, 0.717) is 0 Å². The molecule has 0 unspecified atom stereocenters. The number of nitrogens with zero attached hydrogens (tertiary/aromatic N) is 2. The van der Waals surface area contributed by atoms with Crippen molar-refractivity contribution in [1.82, 2.24) is 9.13 Å². The number of benzene rings is 8. The third-order valence-electron chi connectivity index (χ3n) is 12.1. The summed E-state index contributed by atoms with van der Waals surface area (Å²) in [5.41, 5.74) is 16.3. The summed E-state index contributed by atoms with van der Waals surface area (Å²) in [6, 6.07) is 61.8. The van der Waals surface area contributed by atoms with Crippen LogP contribution >= 0.6 is 0 Å². The maximum Gasteiger partial charge on any atom is 0.145 e. The summed E-state index contributed by atoms with van der Waals surface area (Å²) >= 11 is 0. The van der Waals surface area contributed by atoms with Gasteiger partial charge in [0.1, 0.15) is 11.2 Å². The maximum atomic E-state index is 6.93. The lowest BCUT2D eigenvalue weighted by atomic mass is 9.80. The average molecular weight is 691 g/mol. The Kier molecular flexibility index (Phi) is 5.84. The molecule has 54 heavy (non-hydrogen) atoms. The van der Waals surface area contributed by atoms with Crippen molar-refractivity contribution in [3.8, 4) is 33.6 Å². The minimum Gasteiger partial charge on any atom is -0.455 e. The number of para-hydroxylation sites is 4. The van der Waals surface area contributed by atoms with E-state index < -0.39 is 0 Å². The summed E-state index contributed by atoms with van der Waals surface area (Å²) < 4.78 is 11.8. The molecule has 0 spiro atoms. The van der Waals surface area contributed by atoms with Gasteiger partial charge < -0.3 is 13.6 Å². The smallest absolute Gasteiger partial charge is 0.145 e. The molecule has 3 heterocycles. The second-order valence-electron chi connectivity index (χ2n) is 15.3. The van der Waals surface area contributed by atoms with Gasteiger partial charge in [-0.3, -0.25) is 0 Å². The number of rotatable bonds is 3. The summed E-state index contributed by atoms with van der Waals surface area (Å²) in [6.07, 6.45) is 0. The molecule has 3 nitrogen and oxygen atoms in total. The highest BCUT2D eigenvalue weighted by molar-refractivity contribution is 6.30. The van der Waals surface area contributed by atoms with E-state index in [-0.39, 0.29) is 5.41 Å². The van der Waals surface area contributed by atoms with E-state index in [2.05, 4.69) is 193 Å². The molecule has 8 aromatic carbocycles.